The Morgan fingerprint density at radius 1 is 0.475 bits per heavy atom. The van der Waals surface area contributed by atoms with Crippen LogP contribution in [0.1, 0.15) is 79.0 Å². The average Bonchev–Trinajstić information content (AvgIpc) is 3.55. The van der Waals surface area contributed by atoms with E-state index < -0.39 is 0 Å². The highest BCUT2D eigenvalue weighted by Crippen LogP contribution is 2.52. The second-order valence-electron chi connectivity index (χ2n) is 18.9. The first-order valence-electron chi connectivity index (χ1n) is 20.7. The van der Waals surface area contributed by atoms with Crippen LogP contribution in [0.5, 0.6) is 11.5 Å². The summed E-state index contributed by atoms with van der Waals surface area (Å²) in [6.45, 7) is 20.9. The number of benzene rings is 5. The maximum Gasteiger partial charge on any atom is 0.138 e. The zero-order valence-corrected chi connectivity index (χ0v) is 35.7. The van der Waals surface area contributed by atoms with E-state index in [1.165, 1.54) is 27.8 Å². The first-order chi connectivity index (χ1) is 28.1. The van der Waals surface area contributed by atoms with Gasteiger partial charge in [0.05, 0.1) is 22.7 Å². The molecule has 2 aliphatic heterocycles. The number of hydrogen-bond acceptors (Lipinski definition) is 6. The third-order valence-corrected chi connectivity index (χ3v) is 11.6. The van der Waals surface area contributed by atoms with E-state index in [0.717, 1.165) is 62.7 Å². The number of hydrogen-bond donors (Lipinski definition) is 0. The number of para-hydroxylation sites is 3. The van der Waals surface area contributed by atoms with Gasteiger partial charge < -0.3 is 14.5 Å². The third-order valence-electron chi connectivity index (χ3n) is 11.6. The van der Waals surface area contributed by atoms with Gasteiger partial charge in [0.1, 0.15) is 29.8 Å². The van der Waals surface area contributed by atoms with Crippen LogP contribution in [0, 0.1) is 0 Å². The summed E-state index contributed by atoms with van der Waals surface area (Å²) in [6.07, 6.45) is 3.99. The highest BCUT2D eigenvalue weighted by Gasteiger charge is 2.34. The first-order valence-corrected chi connectivity index (χ1v) is 20.7. The highest BCUT2D eigenvalue weighted by atomic mass is 16.5. The summed E-state index contributed by atoms with van der Waals surface area (Å²) < 4.78 is 6.83. The predicted octanol–water partition coefficient (Wildman–Crippen LogP) is 14.5. The van der Waals surface area contributed by atoms with Crippen molar-refractivity contribution in [1.29, 1.82) is 0 Å². The van der Waals surface area contributed by atoms with Gasteiger partial charge >= 0.3 is 0 Å². The fraction of sp³-hybridized carbons (Fsp3) is 0.245. The second kappa shape index (κ2) is 14.2. The van der Waals surface area contributed by atoms with Crippen LogP contribution in [0.4, 0.5) is 40.1 Å². The Morgan fingerprint density at radius 3 is 1.76 bits per heavy atom. The second-order valence-corrected chi connectivity index (χ2v) is 18.9. The molecule has 6 nitrogen and oxygen atoms in total. The molecule has 0 aliphatic carbocycles. The van der Waals surface area contributed by atoms with Crippen molar-refractivity contribution in [1.82, 2.24) is 9.97 Å². The number of fused-ring (bicyclic) bond motifs is 6. The van der Waals surface area contributed by atoms with Gasteiger partial charge in [-0.25, -0.2) is 9.97 Å². The minimum absolute atomic E-state index is 0.000314. The standard InChI is InChI=1S/C53H53N5O/c1-51(2,3)35-27-28-54-49(30-35)58-45-22-13-12-21-42(45)40-19-10-11-20-41(40)43-26-25-39(32-48(43)58)59-38-18-16-17-37(31-38)56-34-57(47-24-15-14-23-46(47)56)50-44(53(7,8)9)29-36(33-55-50)52(4,5)6/h10-33H,34H2,1-9H3. The third kappa shape index (κ3) is 7.01. The molecule has 5 aromatic carbocycles. The van der Waals surface area contributed by atoms with Crippen LogP contribution >= 0.6 is 0 Å². The molecule has 6 heteroatoms. The molecule has 0 atom stereocenters. The minimum Gasteiger partial charge on any atom is -0.457 e. The van der Waals surface area contributed by atoms with Gasteiger partial charge in [0.15, 0.2) is 0 Å². The molecule has 2 aromatic heterocycles. The molecule has 0 amide bonds. The van der Waals surface area contributed by atoms with E-state index in [0.29, 0.717) is 6.67 Å². The summed E-state index contributed by atoms with van der Waals surface area (Å²) in [4.78, 5) is 17.2. The summed E-state index contributed by atoms with van der Waals surface area (Å²) in [7, 11) is 0. The Balaban J connectivity index is 1.10. The summed E-state index contributed by atoms with van der Waals surface area (Å²) in [6, 6.07) is 47.5. The predicted molar refractivity (Wildman–Crippen MR) is 246 cm³/mol. The summed E-state index contributed by atoms with van der Waals surface area (Å²) in [5, 5.41) is 0. The number of anilines is 7. The molecular formula is C53H53N5O. The van der Waals surface area contributed by atoms with Gasteiger partial charge in [-0.2, -0.15) is 0 Å². The van der Waals surface area contributed by atoms with Crippen LogP contribution < -0.4 is 19.4 Å². The van der Waals surface area contributed by atoms with Crippen molar-refractivity contribution in [2.45, 2.75) is 78.6 Å². The van der Waals surface area contributed by atoms with Crippen molar-refractivity contribution in [3.05, 3.63) is 163 Å². The molecule has 0 saturated carbocycles. The maximum absolute atomic E-state index is 6.83. The molecule has 0 saturated heterocycles. The van der Waals surface area contributed by atoms with Crippen LogP contribution in [0.2, 0.25) is 0 Å². The molecule has 0 fully saturated rings. The Kier molecular flexibility index (Phi) is 9.15. The quantitative estimate of drug-likeness (QED) is 0.173. The number of rotatable bonds is 5. The van der Waals surface area contributed by atoms with Crippen molar-refractivity contribution < 1.29 is 4.74 Å². The molecule has 2 aliphatic rings. The normalized spacial score (nSPS) is 13.7. The Bertz CT molecular complexity index is 2710. The lowest BCUT2D eigenvalue weighted by molar-refractivity contribution is 0.483. The highest BCUT2D eigenvalue weighted by molar-refractivity contribution is 6.02. The van der Waals surface area contributed by atoms with E-state index in [4.69, 9.17) is 14.7 Å². The van der Waals surface area contributed by atoms with E-state index in [1.807, 2.05) is 12.3 Å². The largest absolute Gasteiger partial charge is 0.457 e. The van der Waals surface area contributed by atoms with Gasteiger partial charge in [-0.3, -0.25) is 4.90 Å². The fourth-order valence-electron chi connectivity index (χ4n) is 8.32. The van der Waals surface area contributed by atoms with Gasteiger partial charge in [-0.05, 0) is 99.2 Å². The van der Waals surface area contributed by atoms with Crippen molar-refractivity contribution >= 4 is 40.1 Å². The minimum atomic E-state index is -0.0984. The van der Waals surface area contributed by atoms with Gasteiger partial charge in [0.25, 0.3) is 0 Å². The molecule has 9 rings (SSSR count). The lowest BCUT2D eigenvalue weighted by Crippen LogP contribution is -2.28. The molecule has 59 heavy (non-hydrogen) atoms. The van der Waals surface area contributed by atoms with Crippen molar-refractivity contribution in [3.8, 4) is 33.8 Å². The Morgan fingerprint density at radius 2 is 1.08 bits per heavy atom. The summed E-state index contributed by atoms with van der Waals surface area (Å²) in [5.41, 5.74) is 13.6. The number of nitrogens with zero attached hydrogens (tertiary/aromatic N) is 5. The molecule has 0 radical (unpaired) electrons. The van der Waals surface area contributed by atoms with E-state index in [9.17, 15) is 0 Å². The van der Waals surface area contributed by atoms with E-state index in [1.54, 1.807) is 0 Å². The zero-order chi connectivity index (χ0) is 41.3. The van der Waals surface area contributed by atoms with E-state index in [-0.39, 0.29) is 16.2 Å². The molecule has 0 bridgehead atoms. The lowest BCUT2D eigenvalue weighted by atomic mass is 9.81. The Labute approximate surface area is 349 Å². The molecule has 0 spiro atoms. The van der Waals surface area contributed by atoms with Crippen molar-refractivity contribution in [2.75, 3.05) is 21.4 Å². The Hall–Kier alpha value is -6.40. The smallest absolute Gasteiger partial charge is 0.138 e. The molecule has 4 heterocycles. The average molecular weight is 776 g/mol. The van der Waals surface area contributed by atoms with Crippen LogP contribution in [0.25, 0.3) is 22.3 Å². The SMILES string of the molecule is CC(C)(C)c1ccnc(N2c3ccccc3-c3ccccc3-c3ccc(Oc4cccc(N5CN(c6ncc(C(C)(C)C)cc6C(C)(C)C)c6ccccc65)c4)cc32)c1. The number of pyridine rings is 2. The zero-order valence-electron chi connectivity index (χ0n) is 35.7. The fourth-order valence-corrected chi connectivity index (χ4v) is 8.32. The molecule has 296 valence electrons. The molecule has 0 unspecified atom stereocenters. The van der Waals surface area contributed by atoms with E-state index >= 15 is 0 Å². The number of ether oxygens (including phenoxy) is 1. The van der Waals surface area contributed by atoms with Gasteiger partial charge in [0.2, 0.25) is 0 Å². The van der Waals surface area contributed by atoms with E-state index in [2.05, 4.69) is 211 Å². The van der Waals surface area contributed by atoms with Crippen LogP contribution in [0.15, 0.2) is 146 Å². The van der Waals surface area contributed by atoms with Crippen molar-refractivity contribution in [3.63, 3.8) is 0 Å². The van der Waals surface area contributed by atoms with Crippen LogP contribution in [-0.4, -0.2) is 16.6 Å². The molecular weight excluding hydrogens is 723 g/mol. The van der Waals surface area contributed by atoms with Crippen molar-refractivity contribution in [2.24, 2.45) is 0 Å². The van der Waals surface area contributed by atoms with Gasteiger partial charge in [0, 0.05) is 46.9 Å². The summed E-state index contributed by atoms with van der Waals surface area (Å²) >= 11 is 0. The van der Waals surface area contributed by atoms with Crippen LogP contribution in [0.3, 0.4) is 0 Å². The first kappa shape index (κ1) is 38.1. The van der Waals surface area contributed by atoms with Gasteiger partial charge in [-0.1, -0.05) is 123 Å². The lowest BCUT2D eigenvalue weighted by Gasteiger charge is -2.30. The number of aromatic nitrogens is 2. The van der Waals surface area contributed by atoms with Gasteiger partial charge in [-0.15, -0.1) is 0 Å². The molecule has 7 aromatic rings. The monoisotopic (exact) mass is 775 g/mol. The molecule has 0 N–H and O–H groups in total. The maximum atomic E-state index is 6.83. The topological polar surface area (TPSA) is 44.7 Å². The van der Waals surface area contributed by atoms with Crippen LogP contribution in [-0.2, 0) is 16.2 Å². The summed E-state index contributed by atoms with van der Waals surface area (Å²) in [5.74, 6) is 3.37.